The molecule has 17 heteroatoms. The molecular formula is C30H34F2N4O9S2. The van der Waals surface area contributed by atoms with E-state index in [2.05, 4.69) is 19.6 Å². The summed E-state index contributed by atoms with van der Waals surface area (Å²) in [6.07, 6.45) is 1.48. The van der Waals surface area contributed by atoms with Gasteiger partial charge in [0.15, 0.2) is 22.6 Å². The normalized spacial score (nSPS) is 15.1. The summed E-state index contributed by atoms with van der Waals surface area (Å²) in [6, 6.07) is 10.6. The lowest BCUT2D eigenvalue weighted by Crippen LogP contribution is -2.38. The zero-order valence-corrected chi connectivity index (χ0v) is 27.3. The highest BCUT2D eigenvalue weighted by Crippen LogP contribution is 2.36. The fourth-order valence-corrected chi connectivity index (χ4v) is 6.74. The fourth-order valence-electron chi connectivity index (χ4n) is 5.03. The van der Waals surface area contributed by atoms with E-state index in [0.717, 1.165) is 25.7 Å². The Morgan fingerprint density at radius 1 is 1.02 bits per heavy atom. The van der Waals surface area contributed by atoms with E-state index < -0.39 is 28.5 Å². The summed E-state index contributed by atoms with van der Waals surface area (Å²) in [4.78, 5) is 10.8. The number of benzene rings is 2. The average molecular weight is 697 g/mol. The molecule has 1 N–H and O–H groups in total. The molecule has 2 aromatic carbocycles. The van der Waals surface area contributed by atoms with E-state index in [-0.39, 0.29) is 51.6 Å². The summed E-state index contributed by atoms with van der Waals surface area (Å²) >= 11 is -2.66. The van der Waals surface area contributed by atoms with Gasteiger partial charge in [0.1, 0.15) is 23.6 Å². The summed E-state index contributed by atoms with van der Waals surface area (Å²) in [6.45, 7) is 1.62. The van der Waals surface area contributed by atoms with Gasteiger partial charge in [-0.3, -0.25) is 18.7 Å². The number of hydrogen-bond donors (Lipinski definition) is 1. The van der Waals surface area contributed by atoms with Gasteiger partial charge in [0, 0.05) is 44.0 Å². The molecule has 5 rings (SSSR count). The molecule has 1 aliphatic rings. The van der Waals surface area contributed by atoms with Gasteiger partial charge in [0.25, 0.3) is 0 Å². The number of hydrogen-bond acceptors (Lipinski definition) is 11. The van der Waals surface area contributed by atoms with E-state index >= 15 is 0 Å². The van der Waals surface area contributed by atoms with Crippen LogP contribution in [0.2, 0.25) is 0 Å². The highest BCUT2D eigenvalue weighted by Gasteiger charge is 2.26. The first kappa shape index (κ1) is 34.6. The quantitative estimate of drug-likeness (QED) is 0.135. The van der Waals surface area contributed by atoms with Gasteiger partial charge in [-0.15, -0.1) is 0 Å². The van der Waals surface area contributed by atoms with Crippen molar-refractivity contribution in [3.63, 3.8) is 0 Å². The van der Waals surface area contributed by atoms with Crippen molar-refractivity contribution in [2.24, 2.45) is 0 Å². The second-order valence-electron chi connectivity index (χ2n) is 10.0. The van der Waals surface area contributed by atoms with Crippen LogP contribution in [-0.2, 0) is 37.1 Å². The number of methoxy groups -OCH3 is 2. The van der Waals surface area contributed by atoms with Crippen molar-refractivity contribution in [1.82, 2.24) is 19.4 Å². The summed E-state index contributed by atoms with van der Waals surface area (Å²) in [5.74, 6) is 0.410. The van der Waals surface area contributed by atoms with Crippen LogP contribution >= 0.6 is 0 Å². The Hall–Kier alpha value is -3.74. The van der Waals surface area contributed by atoms with E-state index in [0.29, 0.717) is 42.7 Å². The number of ether oxygens (including phenoxy) is 6. The first-order valence-corrected chi connectivity index (χ1v) is 16.9. The van der Waals surface area contributed by atoms with E-state index in [9.17, 15) is 21.8 Å². The Morgan fingerprint density at radius 2 is 1.81 bits per heavy atom. The number of imidazole rings is 1. The van der Waals surface area contributed by atoms with Crippen LogP contribution < -0.4 is 18.9 Å². The van der Waals surface area contributed by atoms with Crippen LogP contribution in [-0.4, -0.2) is 106 Å². The number of para-hydroxylation sites is 2. The fraction of sp³-hybridized carbons (Fsp3) is 0.400. The molecule has 0 amide bonds. The molecule has 3 heterocycles. The highest BCUT2D eigenvalue weighted by atomic mass is 32.2. The van der Waals surface area contributed by atoms with Crippen molar-refractivity contribution >= 4 is 32.9 Å². The SMILES string of the molecule is COc1ccnc(CS(=O)c2nc3c(S(=O)O)cc(OC(F)F)cc3n2-c2ccccc2OCCOCCN2CCOCC2)c1OC. The predicted molar refractivity (Wildman–Crippen MR) is 168 cm³/mol. The molecule has 2 unspecified atom stereocenters. The molecule has 254 valence electrons. The highest BCUT2D eigenvalue weighted by molar-refractivity contribution is 7.84. The number of nitrogens with zero attached hydrogens (tertiary/aromatic N) is 4. The molecule has 1 saturated heterocycles. The summed E-state index contributed by atoms with van der Waals surface area (Å²) < 4.78 is 97.2. The molecule has 0 saturated carbocycles. The molecule has 0 bridgehead atoms. The van der Waals surface area contributed by atoms with Gasteiger partial charge in [-0.2, -0.15) is 8.78 Å². The number of fused-ring (bicyclic) bond motifs is 1. The Balaban J connectivity index is 1.51. The smallest absolute Gasteiger partial charge is 0.387 e. The predicted octanol–water partition coefficient (Wildman–Crippen LogP) is 3.66. The first-order chi connectivity index (χ1) is 22.8. The Bertz CT molecular complexity index is 1720. The minimum Gasteiger partial charge on any atom is -0.493 e. The molecule has 47 heavy (non-hydrogen) atoms. The number of halogens is 2. The van der Waals surface area contributed by atoms with Gasteiger partial charge < -0.3 is 33.0 Å². The Morgan fingerprint density at radius 3 is 2.53 bits per heavy atom. The summed E-state index contributed by atoms with van der Waals surface area (Å²) in [5.41, 5.74) is 0.700. The number of morpholine rings is 1. The molecule has 0 radical (unpaired) electrons. The van der Waals surface area contributed by atoms with Crippen molar-refractivity contribution < 1.29 is 50.2 Å². The summed E-state index contributed by atoms with van der Waals surface area (Å²) in [5, 5.41) is -0.0645. The zero-order valence-electron chi connectivity index (χ0n) is 25.6. The van der Waals surface area contributed by atoms with Gasteiger partial charge in [-0.05, 0) is 12.1 Å². The van der Waals surface area contributed by atoms with Crippen molar-refractivity contribution in [3.8, 4) is 28.7 Å². The number of rotatable bonds is 16. The lowest BCUT2D eigenvalue weighted by molar-refractivity contribution is -0.0499. The lowest BCUT2D eigenvalue weighted by atomic mass is 10.2. The van der Waals surface area contributed by atoms with E-state index in [4.69, 9.17) is 23.7 Å². The van der Waals surface area contributed by atoms with Crippen LogP contribution in [0.1, 0.15) is 5.69 Å². The lowest BCUT2D eigenvalue weighted by Gasteiger charge is -2.26. The topological polar surface area (TPSA) is 144 Å². The van der Waals surface area contributed by atoms with Crippen molar-refractivity contribution in [2.45, 2.75) is 22.4 Å². The van der Waals surface area contributed by atoms with Crippen molar-refractivity contribution in [3.05, 3.63) is 54.4 Å². The van der Waals surface area contributed by atoms with Crippen molar-refractivity contribution in [1.29, 1.82) is 0 Å². The van der Waals surface area contributed by atoms with E-state index in [1.165, 1.54) is 31.0 Å². The molecule has 1 aliphatic heterocycles. The van der Waals surface area contributed by atoms with Crippen LogP contribution in [0.15, 0.2) is 58.7 Å². The van der Waals surface area contributed by atoms with Gasteiger partial charge >= 0.3 is 6.61 Å². The minimum atomic E-state index is -3.21. The van der Waals surface area contributed by atoms with Gasteiger partial charge in [-0.1, -0.05) is 12.1 Å². The molecule has 4 aromatic rings. The summed E-state index contributed by atoms with van der Waals surface area (Å²) in [7, 11) is 0.913. The van der Waals surface area contributed by atoms with Crippen molar-refractivity contribution in [2.75, 3.05) is 66.9 Å². The third-order valence-corrected chi connectivity index (χ3v) is 9.07. The number of alkyl halides is 2. The third kappa shape index (κ3) is 8.41. The molecule has 2 aromatic heterocycles. The monoisotopic (exact) mass is 696 g/mol. The average Bonchev–Trinajstić information content (AvgIpc) is 3.45. The molecule has 0 spiro atoms. The Kier molecular flexibility index (Phi) is 12.1. The number of aromatic nitrogens is 3. The van der Waals surface area contributed by atoms with Crippen LogP contribution in [0, 0.1) is 0 Å². The zero-order chi connectivity index (χ0) is 33.3. The molecule has 1 fully saturated rings. The van der Waals surface area contributed by atoms with Gasteiger partial charge in [0.05, 0.1) is 79.0 Å². The van der Waals surface area contributed by atoms with E-state index in [1.54, 1.807) is 30.3 Å². The second kappa shape index (κ2) is 16.4. The first-order valence-electron chi connectivity index (χ1n) is 14.5. The molecule has 0 aliphatic carbocycles. The Labute approximate surface area is 274 Å². The van der Waals surface area contributed by atoms with Crippen LogP contribution in [0.3, 0.4) is 0 Å². The molecule has 2 atom stereocenters. The van der Waals surface area contributed by atoms with Gasteiger partial charge in [-0.25, -0.2) is 9.19 Å². The van der Waals surface area contributed by atoms with Crippen LogP contribution in [0.25, 0.3) is 16.7 Å². The standard InChI is InChI=1S/C30H34F2N4O9S2/c1-40-25-7-8-33-21(28(25)41-2)19-46(37)30-34-27-23(17-20(45-29(31)32)18-26(27)47(38)39)36(30)22-5-3-4-6-24(22)44-16-15-43-14-11-35-9-12-42-13-10-35/h3-8,17-18,29H,9-16,19H2,1-2H3,(H,38,39). The maximum Gasteiger partial charge on any atom is 0.387 e. The van der Waals surface area contributed by atoms with Crippen LogP contribution in [0.4, 0.5) is 8.78 Å². The second-order valence-corrected chi connectivity index (χ2v) is 12.3. The van der Waals surface area contributed by atoms with Crippen LogP contribution in [0.5, 0.6) is 23.0 Å². The maximum absolute atomic E-state index is 14.1. The minimum absolute atomic E-state index is 0.0392. The largest absolute Gasteiger partial charge is 0.493 e. The number of pyridine rings is 1. The third-order valence-electron chi connectivity index (χ3n) is 7.17. The maximum atomic E-state index is 14.1. The van der Waals surface area contributed by atoms with E-state index in [1.807, 2.05) is 0 Å². The molecular weight excluding hydrogens is 662 g/mol. The molecule has 13 nitrogen and oxygen atoms in total. The van der Waals surface area contributed by atoms with Gasteiger partial charge in [0.2, 0.25) is 5.16 Å².